The number of hydrogen-bond acceptors (Lipinski definition) is 12. The van der Waals surface area contributed by atoms with Crippen molar-refractivity contribution in [1.29, 1.82) is 0 Å². The topological polar surface area (TPSA) is 130 Å². The third-order valence-electron chi connectivity index (χ3n) is 24.5. The van der Waals surface area contributed by atoms with E-state index >= 15 is 0 Å². The maximum atomic E-state index is 12.7. The second-order valence-corrected chi connectivity index (χ2v) is 39.5. The highest BCUT2D eigenvalue weighted by Crippen LogP contribution is 2.48. The van der Waals surface area contributed by atoms with Gasteiger partial charge >= 0.3 is 0 Å². The van der Waals surface area contributed by atoms with Crippen LogP contribution in [0.5, 0.6) is 5.75 Å². The van der Waals surface area contributed by atoms with E-state index in [4.69, 9.17) is 11.6 Å². The molecule has 0 saturated carbocycles. The predicted molar refractivity (Wildman–Crippen MR) is 538 cm³/mol. The fourth-order valence-corrected chi connectivity index (χ4v) is 21.8. The summed E-state index contributed by atoms with van der Waals surface area (Å²) in [6.07, 6.45) is 16.8. The Hall–Kier alpha value is -10.8. The molecule has 2 aromatic heterocycles. The molecule has 0 spiro atoms. The minimum Gasteiger partial charge on any atom is -0.506 e. The first-order chi connectivity index (χ1) is 62.3. The summed E-state index contributed by atoms with van der Waals surface area (Å²) in [4.78, 5) is 40.2. The highest BCUT2D eigenvalue weighted by atomic mass is 35.5. The number of benzene rings is 11. The molecule has 17 rings (SSSR count). The van der Waals surface area contributed by atoms with Crippen LogP contribution in [0, 0.1) is 57.7 Å². The highest BCUT2D eigenvalue weighted by Gasteiger charge is 2.36. The number of halogens is 2. The zero-order chi connectivity index (χ0) is 91.4. The number of pyridine rings is 2. The Morgan fingerprint density at radius 3 is 1.86 bits per heavy atom. The molecular formula is C112H126ClFN7O5S3+. The third kappa shape index (κ3) is 27.9. The van der Waals surface area contributed by atoms with Gasteiger partial charge in [0.2, 0.25) is 5.91 Å². The number of piperazine rings is 1. The number of nitrogens with zero attached hydrogens (tertiary/aromatic N) is 7. The number of thioether (sulfide) groups is 2. The molecule has 0 radical (unpaired) electrons. The summed E-state index contributed by atoms with van der Waals surface area (Å²) in [5, 5.41) is 13.7. The smallest absolute Gasteiger partial charge is 0.267 e. The monoisotopic (exact) mass is 1800 g/mol. The number of fused-ring (bicyclic) bond motifs is 1. The van der Waals surface area contributed by atoms with E-state index < -0.39 is 10.0 Å². The summed E-state index contributed by atoms with van der Waals surface area (Å²) in [7, 11) is -2.15. The van der Waals surface area contributed by atoms with Crippen molar-refractivity contribution < 1.29 is 27.5 Å². The number of aromatic nitrogens is 2. The van der Waals surface area contributed by atoms with E-state index in [1.165, 1.54) is 121 Å². The lowest BCUT2D eigenvalue weighted by atomic mass is 9.66. The number of nitroso groups, excluding NO2 is 1. The van der Waals surface area contributed by atoms with Gasteiger partial charge < -0.3 is 10.0 Å². The lowest BCUT2D eigenvalue weighted by Gasteiger charge is -2.38. The SMILES string of the molecule is CC1=CC(C)(C)C(Cc2ccc([N+](C)=O)cc2)c2ccccc21.CCCCN(Cc1ccccc1)Cc1cc(C)cc(Cl)c1O.Cc1cc(C)c(S(=O)(=O)N2CCCC2=O)c(C)c1.Cc1ccc(CCSc2ccc(F)cc2)cn1.Cc1ccc(N2CCN(CC(c3ccccc3)c3ccccc3)CC2)cc1.c1cc2c3c(ccc(CSCCc4ccncc4)c3c1)CC2. The molecule has 1 N–H and O–H groups in total. The second-order valence-electron chi connectivity index (χ2n) is 35.0. The molecule has 1 atom stereocenters. The number of sulfonamides is 1. The van der Waals surface area contributed by atoms with Crippen molar-refractivity contribution in [3.8, 4) is 5.75 Å². The van der Waals surface area contributed by atoms with Crippen LogP contribution < -0.4 is 4.90 Å². The molecule has 12 nitrogen and oxygen atoms in total. The van der Waals surface area contributed by atoms with Crippen molar-refractivity contribution in [3.63, 3.8) is 0 Å². The number of rotatable bonds is 26. The number of aromatic hydroxyl groups is 1. The van der Waals surface area contributed by atoms with Gasteiger partial charge in [-0.2, -0.15) is 11.8 Å². The Bertz CT molecular complexity index is 5830. The molecule has 1 unspecified atom stereocenters. The minimum atomic E-state index is -3.68. The molecule has 2 fully saturated rings. The summed E-state index contributed by atoms with van der Waals surface area (Å²) >= 11 is 9.86. The van der Waals surface area contributed by atoms with Gasteiger partial charge in [0.1, 0.15) is 11.6 Å². The number of aryl methyl sites for hydroxylation is 10. The van der Waals surface area contributed by atoms with E-state index in [0.717, 1.165) is 132 Å². The van der Waals surface area contributed by atoms with Crippen LogP contribution in [0.1, 0.15) is 165 Å². The maximum absolute atomic E-state index is 12.7. The Balaban J connectivity index is 0.000000141. The summed E-state index contributed by atoms with van der Waals surface area (Å²) in [5.74, 6) is 3.85. The number of unbranched alkanes of at least 4 members (excludes halogenated alkanes) is 1. The van der Waals surface area contributed by atoms with Crippen LogP contribution in [-0.2, 0) is 65.8 Å². The first-order valence-corrected chi connectivity index (χ1v) is 49.3. The molecule has 0 bridgehead atoms. The molecule has 2 aliphatic heterocycles. The lowest BCUT2D eigenvalue weighted by Crippen LogP contribution is -2.47. The van der Waals surface area contributed by atoms with Crippen LogP contribution in [0.25, 0.3) is 16.3 Å². The average molecular weight is 1800 g/mol. The van der Waals surface area contributed by atoms with Gasteiger partial charge in [0.25, 0.3) is 15.7 Å². The van der Waals surface area contributed by atoms with Gasteiger partial charge in [-0.05, 0) is 272 Å². The maximum Gasteiger partial charge on any atom is 0.267 e. The molecular weight excluding hydrogens is 1670 g/mol. The van der Waals surface area contributed by atoms with Crippen molar-refractivity contribution in [2.75, 3.05) is 69.3 Å². The van der Waals surface area contributed by atoms with E-state index in [2.05, 4.69) is 259 Å². The second kappa shape index (κ2) is 47.7. The van der Waals surface area contributed by atoms with Gasteiger partial charge in [-0.3, -0.25) is 24.6 Å². The van der Waals surface area contributed by atoms with Gasteiger partial charge in [0.05, 0.1) is 9.92 Å². The van der Waals surface area contributed by atoms with Crippen LogP contribution in [0.3, 0.4) is 0 Å². The normalized spacial score (nSPS) is 14.3. The lowest BCUT2D eigenvalue weighted by molar-refractivity contribution is -0.428. The number of anilines is 1. The Morgan fingerprint density at radius 1 is 0.612 bits per heavy atom. The summed E-state index contributed by atoms with van der Waals surface area (Å²) in [5.41, 5.74) is 25.7. The van der Waals surface area contributed by atoms with E-state index in [1.54, 1.807) is 31.7 Å². The summed E-state index contributed by atoms with van der Waals surface area (Å²) in [6.45, 7) is 29.0. The Kier molecular flexibility index (Phi) is 35.9. The van der Waals surface area contributed by atoms with E-state index in [9.17, 15) is 27.6 Å². The Labute approximate surface area is 780 Å². The van der Waals surface area contributed by atoms with Gasteiger partial charge in [-0.1, -0.05) is 250 Å². The molecule has 13 aromatic rings. The van der Waals surface area contributed by atoms with Crippen LogP contribution in [-0.4, -0.2) is 113 Å². The highest BCUT2D eigenvalue weighted by molar-refractivity contribution is 7.99. The quantitative estimate of drug-likeness (QED) is 0.0315. The number of phenolic OH excluding ortho intramolecular Hbond substituents is 1. The van der Waals surface area contributed by atoms with Gasteiger partial charge in [-0.15, -0.1) is 11.8 Å². The number of hydrogen-bond donors (Lipinski definition) is 1. The zero-order valence-electron chi connectivity index (χ0n) is 76.9. The molecule has 670 valence electrons. The fourth-order valence-electron chi connectivity index (χ4n) is 17.7. The van der Waals surface area contributed by atoms with Gasteiger partial charge in [0, 0.05) is 138 Å². The van der Waals surface area contributed by atoms with Crippen LogP contribution in [0.2, 0.25) is 5.02 Å². The van der Waals surface area contributed by atoms with Crippen LogP contribution in [0.15, 0.2) is 301 Å². The molecule has 4 aliphatic rings. The molecule has 129 heavy (non-hydrogen) atoms. The van der Waals surface area contributed by atoms with Crippen molar-refractivity contribution in [2.24, 2.45) is 5.41 Å². The number of carbonyl (C=O) groups is 1. The first-order valence-electron chi connectivity index (χ1n) is 45.4. The molecule has 4 heterocycles. The largest absolute Gasteiger partial charge is 0.506 e. The molecule has 2 aliphatic carbocycles. The number of amides is 1. The van der Waals surface area contributed by atoms with Gasteiger partial charge in [0.15, 0.2) is 7.05 Å². The molecule has 1 amide bonds. The van der Waals surface area contributed by atoms with Crippen molar-refractivity contribution in [2.45, 2.75) is 167 Å². The summed E-state index contributed by atoms with van der Waals surface area (Å²) in [6, 6.07) is 91.9. The van der Waals surface area contributed by atoms with Crippen LogP contribution in [0.4, 0.5) is 15.8 Å². The minimum absolute atomic E-state index is 0.117. The van der Waals surface area contributed by atoms with Gasteiger partial charge in [-0.25, -0.2) is 17.1 Å². The van der Waals surface area contributed by atoms with E-state index in [1.807, 2.05) is 106 Å². The molecule has 11 aromatic carbocycles. The molecule has 2 saturated heterocycles. The Morgan fingerprint density at radius 2 is 1.23 bits per heavy atom. The number of carbonyl (C=O) groups excluding carboxylic acids is 1. The van der Waals surface area contributed by atoms with Crippen molar-refractivity contribution >= 4 is 78.8 Å². The number of allylic oxidation sites excluding steroid dienone is 2. The molecule has 17 heteroatoms. The zero-order valence-corrected chi connectivity index (χ0v) is 80.1. The standard InChI is InChI=1S/C25H28N2.C21H24NO.C20H19NS.C19H24ClNO.C14H14FNS.C13H17NO3S/c1-21-12-14-24(15-13-21)27-18-16-26(17-19-27)20-25(22-8-4-2-5-9-22)23-10-6-3-7-11-23;1-15-14-21(2,3)20(19-8-6-5-7-18(15)19)13-16-9-11-17(12-10-16)22(4)23;1-2-16-4-5-17-6-7-18(19(3-1)20(16)17)14-22-13-10-15-8-11-21-12-9-15;1-3-4-10-21(13-16-8-6-5-7-9-16)14-17-11-15(2)12-18(20)19(17)22;1-11-2-3-12(10-16-11)8-9-17-14-6-4-13(15)5-7-14;1-9-7-10(2)13(11(3)8-9)18(16,17)14-6-4-5-12(14)15/h2-15,25H,16-20H2,1H3;5-12,14,20H,13H2,1-4H3;1-3,6-9,11-12H,4-5,10,13-14H2;5-9,11-12,22H,3-4,10,13-14H2,1-2H3;2-7,10H,8-9H2,1H3;7-8H,4-6H2,1-3H3/q;+1;;;;. The van der Waals surface area contributed by atoms with Crippen molar-refractivity contribution in [3.05, 3.63) is 408 Å². The fraction of sp³-hybridized carbons (Fsp3) is 0.312. The number of phenols is 1. The summed E-state index contributed by atoms with van der Waals surface area (Å²) < 4.78 is 39.6. The van der Waals surface area contributed by atoms with Crippen LogP contribution >= 0.6 is 35.1 Å². The first kappa shape index (κ1) is 97.2. The average Bonchev–Trinajstić information content (AvgIpc) is 1.60. The third-order valence-corrected chi connectivity index (χ3v) is 28.9. The van der Waals surface area contributed by atoms with Crippen molar-refractivity contribution in [1.82, 2.24) is 24.1 Å². The van der Waals surface area contributed by atoms with E-state index in [0.29, 0.717) is 59.6 Å². The predicted octanol–water partition coefficient (Wildman–Crippen LogP) is 26.2. The van der Waals surface area contributed by atoms with E-state index in [-0.39, 0.29) is 27.8 Å².